The fourth-order valence-corrected chi connectivity index (χ4v) is 4.62. The average Bonchev–Trinajstić information content (AvgIpc) is 2.72. The molecule has 1 radical (unpaired) electrons. The molecule has 0 N–H and O–H groups in total. The minimum absolute atomic E-state index is 0. The van der Waals surface area contributed by atoms with Crippen LogP contribution in [-0.2, 0) is 28.6 Å². The predicted molar refractivity (Wildman–Crippen MR) is 115 cm³/mol. The van der Waals surface area contributed by atoms with E-state index in [9.17, 15) is 16.8 Å². The molecular weight excluding hydrogens is 435 g/mol. The normalized spacial score (nSPS) is 12.0. The Morgan fingerprint density at radius 1 is 0.533 bits per heavy atom. The van der Waals surface area contributed by atoms with Gasteiger partial charge >= 0.3 is 0 Å². The van der Waals surface area contributed by atoms with Crippen molar-refractivity contribution in [3.8, 4) is 0 Å². The van der Waals surface area contributed by atoms with E-state index in [1.54, 1.807) is 36.4 Å². The molecule has 9 heteroatoms. The molecule has 0 fully saturated rings. The molecule has 4 aromatic rings. The summed E-state index contributed by atoms with van der Waals surface area (Å²) in [5, 5.41) is 3.20. The van der Waals surface area contributed by atoms with Gasteiger partial charge < -0.3 is 0 Å². The van der Waals surface area contributed by atoms with Gasteiger partial charge in [0.1, 0.15) is 0 Å². The summed E-state index contributed by atoms with van der Waals surface area (Å²) in [6.07, 6.45) is 0. The quantitative estimate of drug-likeness (QED) is 0.253. The molecule has 0 atom stereocenters. The van der Waals surface area contributed by atoms with Gasteiger partial charge in [-0.05, 0) is 45.8 Å². The predicted octanol–water partition coefficient (Wildman–Crippen LogP) is 3.68. The van der Waals surface area contributed by atoms with Crippen molar-refractivity contribution in [3.63, 3.8) is 0 Å². The smallest absolute Gasteiger partial charge is 0.236 e. The third-order valence-corrected chi connectivity index (χ3v) is 6.90. The van der Waals surface area contributed by atoms with Gasteiger partial charge in [-0.2, -0.15) is 16.8 Å². The second kappa shape index (κ2) is 9.15. The summed E-state index contributed by atoms with van der Waals surface area (Å²) in [5.41, 5.74) is 0. The van der Waals surface area contributed by atoms with Gasteiger partial charge in [0.25, 0.3) is 20.2 Å². The van der Waals surface area contributed by atoms with Crippen molar-refractivity contribution < 1.29 is 25.2 Å². The molecule has 4 aromatic carbocycles. The van der Waals surface area contributed by atoms with Crippen LogP contribution in [0.3, 0.4) is 0 Å². The van der Waals surface area contributed by atoms with Crippen LogP contribution in [-0.4, -0.2) is 53.2 Å². The summed E-state index contributed by atoms with van der Waals surface area (Å²) in [4.78, 5) is -0.161. The molecule has 0 saturated carbocycles. The molecule has 0 heterocycles. The minimum Gasteiger partial charge on any atom is -0.236 e. The zero-order valence-corrected chi connectivity index (χ0v) is 19.7. The van der Waals surface area contributed by atoms with Gasteiger partial charge in [0.05, 0.1) is 9.79 Å². The van der Waals surface area contributed by atoms with Crippen molar-refractivity contribution >= 4 is 71.3 Å². The summed E-state index contributed by atoms with van der Waals surface area (Å²) in [5.74, 6) is 0. The van der Waals surface area contributed by atoms with Crippen molar-refractivity contribution in [1.82, 2.24) is 0 Å². The Morgan fingerprint density at radius 2 is 0.900 bits per heavy atom. The van der Waals surface area contributed by atoms with E-state index in [0.717, 1.165) is 21.5 Å². The molecule has 0 spiro atoms. The first kappa shape index (κ1) is 22.9. The zero-order valence-electron chi connectivity index (χ0n) is 16.1. The second-order valence-corrected chi connectivity index (χ2v) is 9.51. The fraction of sp³-hybridized carbons (Fsp3) is 0.0476. The Balaban J connectivity index is 0.00000256. The third kappa shape index (κ3) is 4.92. The number of fused-ring (bicyclic) bond motifs is 2. The monoisotopic (exact) mass is 451 g/mol. The van der Waals surface area contributed by atoms with Gasteiger partial charge in [-0.1, -0.05) is 60.7 Å². The molecule has 4 rings (SSSR count). The molecule has 0 aliphatic heterocycles. The summed E-state index contributed by atoms with van der Waals surface area (Å²) < 4.78 is 59.1. The SMILES string of the molecule is O=S(=O)(OCOS(=O)(=O)c1ccc2ccccc2c1)c1ccc2ccccc2c1.[Na]. The topological polar surface area (TPSA) is 86.7 Å². The van der Waals surface area contributed by atoms with Crippen molar-refractivity contribution in [2.24, 2.45) is 0 Å². The van der Waals surface area contributed by atoms with Crippen LogP contribution in [0.5, 0.6) is 0 Å². The maximum Gasteiger partial charge on any atom is 0.299 e. The van der Waals surface area contributed by atoms with E-state index in [1.807, 2.05) is 24.3 Å². The molecule has 0 aliphatic carbocycles. The summed E-state index contributed by atoms with van der Waals surface area (Å²) in [7, 11) is -8.36. The Labute approximate surface area is 197 Å². The second-order valence-electron chi connectivity index (χ2n) is 6.28. The largest absolute Gasteiger partial charge is 0.299 e. The Kier molecular flexibility index (Phi) is 6.98. The van der Waals surface area contributed by atoms with Crippen LogP contribution in [0.25, 0.3) is 21.5 Å². The summed E-state index contributed by atoms with van der Waals surface area (Å²) in [6.45, 7) is -0.954. The first-order valence-electron chi connectivity index (χ1n) is 8.62. The molecule has 0 aliphatic rings. The molecule has 0 saturated heterocycles. The molecule has 0 bridgehead atoms. The summed E-state index contributed by atoms with van der Waals surface area (Å²) >= 11 is 0. The van der Waals surface area contributed by atoms with E-state index in [1.165, 1.54) is 24.3 Å². The van der Waals surface area contributed by atoms with Crippen LogP contribution in [0, 0.1) is 0 Å². The van der Waals surface area contributed by atoms with Crippen LogP contribution in [0.15, 0.2) is 94.7 Å². The average molecular weight is 451 g/mol. The van der Waals surface area contributed by atoms with Crippen molar-refractivity contribution in [1.29, 1.82) is 0 Å². The molecule has 0 amide bonds. The minimum atomic E-state index is -4.18. The maximum absolute atomic E-state index is 12.4. The van der Waals surface area contributed by atoms with E-state index in [-0.39, 0.29) is 39.3 Å². The first-order valence-corrected chi connectivity index (χ1v) is 11.4. The van der Waals surface area contributed by atoms with E-state index in [0.29, 0.717) is 0 Å². The molecule has 6 nitrogen and oxygen atoms in total. The molecular formula is C21H16NaO6S2. The van der Waals surface area contributed by atoms with Crippen LogP contribution in [0.4, 0.5) is 0 Å². The van der Waals surface area contributed by atoms with Crippen LogP contribution in [0.2, 0.25) is 0 Å². The molecule has 0 unspecified atom stereocenters. The number of benzene rings is 4. The van der Waals surface area contributed by atoms with E-state index >= 15 is 0 Å². The van der Waals surface area contributed by atoms with Crippen molar-refractivity contribution in [3.05, 3.63) is 84.9 Å². The number of hydrogen-bond donors (Lipinski definition) is 0. The fourth-order valence-electron chi connectivity index (χ4n) is 2.93. The number of rotatable bonds is 6. The maximum atomic E-state index is 12.4. The van der Waals surface area contributed by atoms with Crippen LogP contribution < -0.4 is 0 Å². The van der Waals surface area contributed by atoms with E-state index in [4.69, 9.17) is 8.37 Å². The van der Waals surface area contributed by atoms with Crippen molar-refractivity contribution in [2.75, 3.05) is 6.79 Å². The number of hydrogen-bond acceptors (Lipinski definition) is 6. The Hall–Kier alpha value is -1.78. The van der Waals surface area contributed by atoms with Gasteiger partial charge in [-0.25, -0.2) is 8.37 Å². The summed E-state index contributed by atoms with van der Waals surface area (Å²) in [6, 6.07) is 23.5. The van der Waals surface area contributed by atoms with Gasteiger partial charge in [-0.15, -0.1) is 0 Å². The Bertz CT molecular complexity index is 1310. The first-order chi connectivity index (χ1) is 13.9. The standard InChI is InChI=1S/C21H16O6S2.Na/c22-28(23,20-11-9-16-5-1-3-7-18(16)13-20)26-15-27-29(24,25)21-12-10-17-6-2-4-8-19(17)14-21;/h1-14H,15H2;. The van der Waals surface area contributed by atoms with Crippen molar-refractivity contribution in [2.45, 2.75) is 9.79 Å². The van der Waals surface area contributed by atoms with E-state index < -0.39 is 27.0 Å². The van der Waals surface area contributed by atoms with Gasteiger partial charge in [0.2, 0.25) is 0 Å². The molecule has 30 heavy (non-hydrogen) atoms. The molecule has 0 aromatic heterocycles. The van der Waals surface area contributed by atoms with Crippen LogP contribution >= 0.6 is 0 Å². The van der Waals surface area contributed by atoms with Crippen LogP contribution in [0.1, 0.15) is 0 Å². The van der Waals surface area contributed by atoms with Gasteiger partial charge in [0.15, 0.2) is 6.79 Å². The Morgan fingerprint density at radius 3 is 1.30 bits per heavy atom. The van der Waals surface area contributed by atoms with Gasteiger partial charge in [0, 0.05) is 29.6 Å². The zero-order chi connectivity index (χ0) is 20.5. The van der Waals surface area contributed by atoms with Gasteiger partial charge in [-0.3, -0.25) is 0 Å². The van der Waals surface area contributed by atoms with E-state index in [2.05, 4.69) is 0 Å². The third-order valence-electron chi connectivity index (χ3n) is 4.43. The molecule has 149 valence electrons.